The van der Waals surface area contributed by atoms with Crippen molar-refractivity contribution in [2.45, 2.75) is 12.7 Å². The molecule has 17 heavy (non-hydrogen) atoms. The van der Waals surface area contributed by atoms with Crippen molar-refractivity contribution >= 4 is 39.3 Å². The topological polar surface area (TPSA) is 43.8 Å². The summed E-state index contributed by atoms with van der Waals surface area (Å²) in [7, 11) is 0. The second kappa shape index (κ2) is 4.70. The molecular formula is C9H8F3IN3P. The van der Waals surface area contributed by atoms with Gasteiger partial charge in [0.05, 0.1) is 11.9 Å². The van der Waals surface area contributed by atoms with Crippen LogP contribution in [0.4, 0.5) is 13.2 Å². The summed E-state index contributed by atoms with van der Waals surface area (Å²) in [6, 6.07) is 4.81. The second-order valence-corrected chi connectivity index (χ2v) is 5.44. The molecule has 1 heterocycles. The molecule has 0 aliphatic rings. The minimum atomic E-state index is -4.44. The van der Waals surface area contributed by atoms with Gasteiger partial charge in [-0.1, -0.05) is 6.07 Å². The van der Waals surface area contributed by atoms with E-state index in [0.717, 1.165) is 0 Å². The van der Waals surface area contributed by atoms with Gasteiger partial charge in [0, 0.05) is 11.9 Å². The van der Waals surface area contributed by atoms with Gasteiger partial charge in [-0.15, -0.1) is 0 Å². The number of benzene rings is 1. The normalized spacial score (nSPS) is 13.0. The maximum Gasteiger partial charge on any atom is 0.435 e. The van der Waals surface area contributed by atoms with Gasteiger partial charge in [0.1, 0.15) is 0 Å². The SMILES string of the molecule is NCc1ccc2c(c1)c(C(F)(F)F)nn2PI. The van der Waals surface area contributed by atoms with Gasteiger partial charge in [-0.05, 0) is 39.7 Å². The van der Waals surface area contributed by atoms with E-state index in [2.05, 4.69) is 5.10 Å². The van der Waals surface area contributed by atoms with Crippen LogP contribution in [0.15, 0.2) is 18.2 Å². The standard InChI is InChI=1S/C9H8F3IN3P/c10-9(11,12)8-6-3-5(4-14)1-2-7(6)16(15-8)17-13/h1-3,17H,4,14H2. The lowest BCUT2D eigenvalue weighted by Gasteiger charge is -2.02. The number of halogens is 4. The molecule has 0 saturated heterocycles. The largest absolute Gasteiger partial charge is 0.435 e. The Balaban J connectivity index is 2.75. The van der Waals surface area contributed by atoms with E-state index in [1.165, 1.54) is 10.5 Å². The quantitative estimate of drug-likeness (QED) is 0.649. The molecule has 0 spiro atoms. The first kappa shape index (κ1) is 13.0. The van der Waals surface area contributed by atoms with Crippen molar-refractivity contribution in [1.29, 1.82) is 0 Å². The summed E-state index contributed by atoms with van der Waals surface area (Å²) in [5.41, 5.74) is 5.74. The van der Waals surface area contributed by atoms with E-state index < -0.39 is 11.9 Å². The lowest BCUT2D eigenvalue weighted by Crippen LogP contribution is -2.06. The Morgan fingerprint density at radius 2 is 2.12 bits per heavy atom. The minimum Gasteiger partial charge on any atom is -0.326 e. The number of nitrogens with two attached hydrogens (primary N) is 1. The van der Waals surface area contributed by atoms with Crippen LogP contribution in [0.1, 0.15) is 11.3 Å². The zero-order valence-corrected chi connectivity index (χ0v) is 11.6. The fourth-order valence-corrected chi connectivity index (χ4v) is 3.09. The molecule has 1 atom stereocenters. The first-order valence-corrected chi connectivity index (χ1v) is 8.69. The summed E-state index contributed by atoms with van der Waals surface area (Å²) in [6.45, 7) is 0.213. The van der Waals surface area contributed by atoms with Crippen LogP contribution in [0.5, 0.6) is 0 Å². The molecule has 0 saturated carbocycles. The van der Waals surface area contributed by atoms with Gasteiger partial charge in [-0.3, -0.25) is 0 Å². The highest BCUT2D eigenvalue weighted by atomic mass is 127. The van der Waals surface area contributed by atoms with Crippen molar-refractivity contribution in [3.05, 3.63) is 29.5 Å². The number of hydrogen-bond acceptors (Lipinski definition) is 2. The van der Waals surface area contributed by atoms with E-state index in [4.69, 9.17) is 5.73 Å². The maximum atomic E-state index is 12.8. The third-order valence-electron chi connectivity index (χ3n) is 2.33. The monoisotopic (exact) mass is 373 g/mol. The first-order chi connectivity index (χ1) is 7.97. The maximum absolute atomic E-state index is 12.8. The highest BCUT2D eigenvalue weighted by Crippen LogP contribution is 2.38. The highest BCUT2D eigenvalue weighted by molar-refractivity contribution is 14.2. The van der Waals surface area contributed by atoms with Gasteiger partial charge < -0.3 is 5.73 Å². The fourth-order valence-electron chi connectivity index (χ4n) is 1.57. The van der Waals surface area contributed by atoms with Crippen LogP contribution in [0, 0.1) is 0 Å². The Morgan fingerprint density at radius 1 is 1.41 bits per heavy atom. The molecule has 1 unspecified atom stereocenters. The Kier molecular flexibility index (Phi) is 3.61. The summed E-state index contributed by atoms with van der Waals surface area (Å²) < 4.78 is 39.8. The van der Waals surface area contributed by atoms with E-state index in [0.29, 0.717) is 11.1 Å². The van der Waals surface area contributed by atoms with E-state index >= 15 is 0 Å². The number of fused-ring (bicyclic) bond motifs is 1. The molecule has 92 valence electrons. The van der Waals surface area contributed by atoms with Crippen LogP contribution in [0.2, 0.25) is 0 Å². The van der Waals surface area contributed by atoms with Crippen molar-refractivity contribution in [3.63, 3.8) is 0 Å². The van der Waals surface area contributed by atoms with Crippen molar-refractivity contribution in [3.8, 4) is 0 Å². The smallest absolute Gasteiger partial charge is 0.326 e. The Morgan fingerprint density at radius 3 is 2.65 bits per heavy atom. The van der Waals surface area contributed by atoms with Gasteiger partial charge in [0.2, 0.25) is 0 Å². The van der Waals surface area contributed by atoms with Crippen molar-refractivity contribution in [1.82, 2.24) is 9.55 Å². The summed E-state index contributed by atoms with van der Waals surface area (Å²) >= 11 is 2.00. The van der Waals surface area contributed by atoms with E-state index in [1.807, 2.05) is 22.0 Å². The molecule has 2 aromatic rings. The number of alkyl halides is 3. The summed E-state index contributed by atoms with van der Waals surface area (Å²) in [6.07, 6.45) is -4.31. The number of nitrogens with zero attached hydrogens (tertiary/aromatic N) is 2. The van der Waals surface area contributed by atoms with Crippen LogP contribution >= 0.6 is 28.4 Å². The van der Waals surface area contributed by atoms with Crippen molar-refractivity contribution in [2.75, 3.05) is 0 Å². The van der Waals surface area contributed by atoms with Gasteiger partial charge in [0.15, 0.2) is 5.69 Å². The predicted octanol–water partition coefficient (Wildman–Crippen LogP) is 3.31. The highest BCUT2D eigenvalue weighted by Gasteiger charge is 2.36. The molecule has 3 nitrogen and oxygen atoms in total. The third-order valence-corrected chi connectivity index (χ3v) is 4.20. The summed E-state index contributed by atoms with van der Waals surface area (Å²) in [4.78, 5) is 0. The number of rotatable bonds is 2. The Bertz CT molecular complexity index is 552. The molecule has 1 aromatic heterocycles. The predicted molar refractivity (Wildman–Crippen MR) is 70.4 cm³/mol. The molecule has 0 aliphatic carbocycles. The van der Waals surface area contributed by atoms with Gasteiger partial charge in [0.25, 0.3) is 0 Å². The molecule has 0 amide bonds. The lowest BCUT2D eigenvalue weighted by molar-refractivity contribution is -0.140. The van der Waals surface area contributed by atoms with E-state index in [-0.39, 0.29) is 18.3 Å². The Hall–Kier alpha value is -0.400. The van der Waals surface area contributed by atoms with Crippen LogP contribution in [0.25, 0.3) is 10.9 Å². The van der Waals surface area contributed by atoms with Gasteiger partial charge >= 0.3 is 6.18 Å². The number of aromatic nitrogens is 2. The second-order valence-electron chi connectivity index (χ2n) is 3.40. The molecule has 8 heteroatoms. The molecule has 0 aliphatic heterocycles. The van der Waals surface area contributed by atoms with E-state index in [1.54, 1.807) is 12.1 Å². The number of hydrogen-bond donors (Lipinski definition) is 1. The third kappa shape index (κ3) is 2.41. The first-order valence-electron chi connectivity index (χ1n) is 4.63. The molecule has 2 rings (SSSR count). The molecule has 1 aromatic carbocycles. The Labute approximate surface area is 110 Å². The van der Waals surface area contributed by atoms with Crippen molar-refractivity contribution in [2.24, 2.45) is 5.73 Å². The van der Waals surface area contributed by atoms with Gasteiger partial charge in [-0.25, -0.2) is 4.45 Å². The van der Waals surface area contributed by atoms with Crippen LogP contribution in [0.3, 0.4) is 0 Å². The zero-order chi connectivity index (χ0) is 12.6. The van der Waals surface area contributed by atoms with Crippen LogP contribution < -0.4 is 5.73 Å². The van der Waals surface area contributed by atoms with Crippen LogP contribution in [-0.4, -0.2) is 9.55 Å². The van der Waals surface area contributed by atoms with Gasteiger partial charge in [-0.2, -0.15) is 18.3 Å². The molecule has 0 fully saturated rings. The summed E-state index contributed by atoms with van der Waals surface area (Å²) in [5, 5.41) is 3.73. The lowest BCUT2D eigenvalue weighted by atomic mass is 10.1. The average molecular weight is 373 g/mol. The molecule has 2 N–H and O–H groups in total. The zero-order valence-electron chi connectivity index (χ0n) is 8.42. The van der Waals surface area contributed by atoms with E-state index in [9.17, 15) is 13.2 Å². The van der Waals surface area contributed by atoms with Crippen LogP contribution in [-0.2, 0) is 12.7 Å². The fraction of sp³-hybridized carbons (Fsp3) is 0.222. The van der Waals surface area contributed by atoms with Crippen molar-refractivity contribution < 1.29 is 13.2 Å². The molecular weight excluding hydrogens is 365 g/mol. The minimum absolute atomic E-state index is 0.115. The summed E-state index contributed by atoms with van der Waals surface area (Å²) in [5.74, 6) is 0. The molecule has 0 bridgehead atoms. The average Bonchev–Trinajstić information content (AvgIpc) is 2.66. The molecule has 0 radical (unpaired) electrons.